The number of rotatable bonds is 3. The molecule has 0 amide bonds. The van der Waals surface area contributed by atoms with Gasteiger partial charge in [-0.05, 0) is 42.9 Å². The van der Waals surface area contributed by atoms with E-state index in [0.29, 0.717) is 0 Å². The monoisotopic (exact) mass is 267 g/mol. The van der Waals surface area contributed by atoms with Gasteiger partial charge in [0.05, 0.1) is 17.3 Å². The lowest BCUT2D eigenvalue weighted by Crippen LogP contribution is -2.24. The maximum atomic E-state index is 9.10. The number of hydrogen-bond donors (Lipinski definition) is 1. The van der Waals surface area contributed by atoms with Crippen LogP contribution in [0.3, 0.4) is 0 Å². The Labute approximate surface area is 115 Å². The van der Waals surface area contributed by atoms with Gasteiger partial charge in [0.15, 0.2) is 0 Å². The van der Waals surface area contributed by atoms with E-state index in [-0.39, 0.29) is 6.61 Å². The zero-order valence-electron chi connectivity index (χ0n) is 11.0. The Kier molecular flexibility index (Phi) is 4.90. The Bertz CT molecular complexity index is 394. The predicted octanol–water partition coefficient (Wildman–Crippen LogP) is 3.85. The van der Waals surface area contributed by atoms with Crippen molar-refractivity contribution >= 4 is 17.3 Å². The molecule has 1 aromatic carbocycles. The molecule has 3 heteroatoms. The summed E-state index contributed by atoms with van der Waals surface area (Å²) in [5.74, 6) is 0.866. The van der Waals surface area contributed by atoms with Crippen LogP contribution in [0, 0.1) is 5.92 Å². The molecule has 0 bridgehead atoms. The fraction of sp³-hybridized carbons (Fsp3) is 0.600. The highest BCUT2D eigenvalue weighted by molar-refractivity contribution is 6.33. The van der Waals surface area contributed by atoms with Crippen molar-refractivity contribution in [2.24, 2.45) is 5.92 Å². The minimum absolute atomic E-state index is 0.0535. The molecule has 0 aliphatic carbocycles. The van der Waals surface area contributed by atoms with E-state index >= 15 is 0 Å². The van der Waals surface area contributed by atoms with E-state index in [1.54, 1.807) is 0 Å². The quantitative estimate of drug-likeness (QED) is 0.899. The second kappa shape index (κ2) is 6.44. The van der Waals surface area contributed by atoms with Crippen LogP contribution in [-0.4, -0.2) is 18.2 Å². The van der Waals surface area contributed by atoms with Gasteiger partial charge in [0.2, 0.25) is 0 Å². The molecule has 0 saturated carbocycles. The summed E-state index contributed by atoms with van der Waals surface area (Å²) in [6, 6.07) is 5.88. The molecule has 0 radical (unpaired) electrons. The van der Waals surface area contributed by atoms with Crippen molar-refractivity contribution in [2.45, 2.75) is 39.2 Å². The number of nitrogens with zero attached hydrogens (tertiary/aromatic N) is 1. The standard InChI is InChI=1S/C15H22ClNO/c1-2-12-4-3-8-17(9-7-12)15-6-5-13(11-18)10-14(15)16/h5-6,10,12,18H,2-4,7-9,11H2,1H3. The average Bonchev–Trinajstić information content (AvgIpc) is 2.63. The Balaban J connectivity index is 2.11. The van der Waals surface area contributed by atoms with Gasteiger partial charge in [-0.1, -0.05) is 31.0 Å². The third kappa shape index (κ3) is 3.18. The highest BCUT2D eigenvalue weighted by Crippen LogP contribution is 2.30. The van der Waals surface area contributed by atoms with Crippen molar-refractivity contribution in [3.63, 3.8) is 0 Å². The van der Waals surface area contributed by atoms with Crippen molar-refractivity contribution < 1.29 is 5.11 Å². The molecule has 1 atom stereocenters. The van der Waals surface area contributed by atoms with Crippen LogP contribution in [0.2, 0.25) is 5.02 Å². The van der Waals surface area contributed by atoms with Gasteiger partial charge in [0, 0.05) is 13.1 Å². The summed E-state index contributed by atoms with van der Waals surface area (Å²) in [5, 5.41) is 9.86. The molecular weight excluding hydrogens is 246 g/mol. The number of halogens is 1. The number of aliphatic hydroxyl groups excluding tert-OH is 1. The lowest BCUT2D eigenvalue weighted by molar-refractivity contribution is 0.282. The molecule has 1 aliphatic rings. The lowest BCUT2D eigenvalue weighted by atomic mass is 9.98. The number of hydrogen-bond acceptors (Lipinski definition) is 2. The van der Waals surface area contributed by atoms with Gasteiger partial charge < -0.3 is 10.0 Å². The van der Waals surface area contributed by atoms with Gasteiger partial charge in [-0.25, -0.2) is 0 Å². The topological polar surface area (TPSA) is 23.5 Å². The first-order valence-electron chi connectivity index (χ1n) is 6.88. The van der Waals surface area contributed by atoms with Gasteiger partial charge in [0.25, 0.3) is 0 Å². The zero-order chi connectivity index (χ0) is 13.0. The molecule has 0 spiro atoms. The van der Waals surface area contributed by atoms with Crippen LogP contribution in [0.1, 0.15) is 38.2 Å². The normalized spacial score (nSPS) is 20.8. The van der Waals surface area contributed by atoms with Gasteiger partial charge in [-0.3, -0.25) is 0 Å². The first-order valence-corrected chi connectivity index (χ1v) is 7.26. The maximum absolute atomic E-state index is 9.10. The van der Waals surface area contributed by atoms with Gasteiger partial charge in [0.1, 0.15) is 0 Å². The average molecular weight is 268 g/mol. The van der Waals surface area contributed by atoms with Crippen molar-refractivity contribution in [1.82, 2.24) is 0 Å². The summed E-state index contributed by atoms with van der Waals surface area (Å²) in [6.45, 7) is 4.52. The van der Waals surface area contributed by atoms with Crippen molar-refractivity contribution in [2.75, 3.05) is 18.0 Å². The molecule has 1 N–H and O–H groups in total. The van der Waals surface area contributed by atoms with Crippen LogP contribution >= 0.6 is 11.6 Å². The SMILES string of the molecule is CCC1CCCN(c2ccc(CO)cc2Cl)CC1. The Hall–Kier alpha value is -0.730. The van der Waals surface area contributed by atoms with E-state index in [4.69, 9.17) is 16.7 Å². The van der Waals surface area contributed by atoms with Crippen LogP contribution in [0.15, 0.2) is 18.2 Å². The van der Waals surface area contributed by atoms with Gasteiger partial charge >= 0.3 is 0 Å². The van der Waals surface area contributed by atoms with Crippen molar-refractivity contribution in [3.8, 4) is 0 Å². The van der Waals surface area contributed by atoms with Crippen LogP contribution < -0.4 is 4.90 Å². The Morgan fingerprint density at radius 2 is 2.17 bits per heavy atom. The molecule has 1 saturated heterocycles. The van der Waals surface area contributed by atoms with Crippen LogP contribution in [0.25, 0.3) is 0 Å². The summed E-state index contributed by atoms with van der Waals surface area (Å²) in [4.78, 5) is 2.39. The number of anilines is 1. The van der Waals surface area contributed by atoms with Crippen LogP contribution in [0.5, 0.6) is 0 Å². The molecule has 1 fully saturated rings. The van der Waals surface area contributed by atoms with Crippen molar-refractivity contribution in [1.29, 1.82) is 0 Å². The first-order chi connectivity index (χ1) is 8.74. The molecule has 18 heavy (non-hydrogen) atoms. The largest absolute Gasteiger partial charge is 0.392 e. The highest BCUT2D eigenvalue weighted by Gasteiger charge is 2.17. The van der Waals surface area contributed by atoms with E-state index in [2.05, 4.69) is 11.8 Å². The molecule has 2 nitrogen and oxygen atoms in total. The predicted molar refractivity (Wildman–Crippen MR) is 77.2 cm³/mol. The van der Waals surface area contributed by atoms with Crippen molar-refractivity contribution in [3.05, 3.63) is 28.8 Å². The summed E-state index contributed by atoms with van der Waals surface area (Å²) < 4.78 is 0. The Morgan fingerprint density at radius 3 is 2.83 bits per heavy atom. The third-order valence-corrected chi connectivity index (χ3v) is 4.26. The van der Waals surface area contributed by atoms with Gasteiger partial charge in [-0.2, -0.15) is 0 Å². The van der Waals surface area contributed by atoms with Crippen LogP contribution in [-0.2, 0) is 6.61 Å². The van der Waals surface area contributed by atoms with E-state index in [0.717, 1.165) is 35.3 Å². The van der Waals surface area contributed by atoms with Crippen LogP contribution in [0.4, 0.5) is 5.69 Å². The molecular formula is C15H22ClNO. The zero-order valence-corrected chi connectivity index (χ0v) is 11.8. The molecule has 1 unspecified atom stereocenters. The van der Waals surface area contributed by atoms with Gasteiger partial charge in [-0.15, -0.1) is 0 Å². The second-order valence-corrected chi connectivity index (χ2v) is 5.54. The highest BCUT2D eigenvalue weighted by atomic mass is 35.5. The van der Waals surface area contributed by atoms with E-state index in [1.807, 2.05) is 18.2 Å². The molecule has 1 heterocycles. The summed E-state index contributed by atoms with van der Waals surface area (Å²) in [5.41, 5.74) is 2.00. The fourth-order valence-corrected chi connectivity index (χ4v) is 3.04. The molecule has 1 aromatic rings. The molecule has 100 valence electrons. The summed E-state index contributed by atoms with van der Waals surface area (Å²) >= 11 is 6.31. The minimum Gasteiger partial charge on any atom is -0.392 e. The summed E-state index contributed by atoms with van der Waals surface area (Å²) in [6.07, 6.45) is 5.12. The van der Waals surface area contributed by atoms with E-state index in [9.17, 15) is 0 Å². The molecule has 1 aliphatic heterocycles. The fourth-order valence-electron chi connectivity index (χ4n) is 2.72. The lowest BCUT2D eigenvalue weighted by Gasteiger charge is -2.24. The maximum Gasteiger partial charge on any atom is 0.0682 e. The van der Waals surface area contributed by atoms with E-state index in [1.165, 1.54) is 25.7 Å². The summed E-state index contributed by atoms with van der Waals surface area (Å²) in [7, 11) is 0. The third-order valence-electron chi connectivity index (χ3n) is 3.96. The second-order valence-electron chi connectivity index (χ2n) is 5.14. The molecule has 2 rings (SSSR count). The minimum atomic E-state index is 0.0535. The number of benzene rings is 1. The number of aliphatic hydroxyl groups is 1. The Morgan fingerprint density at radius 1 is 1.33 bits per heavy atom. The van der Waals surface area contributed by atoms with E-state index < -0.39 is 0 Å². The smallest absolute Gasteiger partial charge is 0.0682 e. The molecule has 0 aromatic heterocycles. The first kappa shape index (κ1) is 13.7.